The summed E-state index contributed by atoms with van der Waals surface area (Å²) in [5.41, 5.74) is 5.23. The molecule has 0 aliphatic rings. The van der Waals surface area contributed by atoms with E-state index in [0.717, 1.165) is 3.57 Å². The van der Waals surface area contributed by atoms with Crippen molar-refractivity contribution in [2.45, 2.75) is 0 Å². The van der Waals surface area contributed by atoms with Gasteiger partial charge in [0.2, 0.25) is 0 Å². The van der Waals surface area contributed by atoms with Gasteiger partial charge in [0.15, 0.2) is 0 Å². The summed E-state index contributed by atoms with van der Waals surface area (Å²) in [4.78, 5) is 10.9. The molecule has 1 rings (SSSR count). The smallest absolute Gasteiger partial charge is 0.259 e. The molecule has 4 nitrogen and oxygen atoms in total. The lowest BCUT2D eigenvalue weighted by Gasteiger charge is -2.03. The highest BCUT2D eigenvalue weighted by Crippen LogP contribution is 2.28. The Morgan fingerprint density at radius 3 is 2.62 bits per heavy atom. The summed E-state index contributed by atoms with van der Waals surface area (Å²) in [6, 6.07) is 5.13. The van der Waals surface area contributed by atoms with Gasteiger partial charge in [0.05, 0.1) is 3.57 Å². The fourth-order valence-corrected chi connectivity index (χ4v) is 2.90. The molecule has 0 saturated heterocycles. The number of nitriles is 1. The van der Waals surface area contributed by atoms with Crippen LogP contribution in [0.1, 0.15) is 5.56 Å². The highest BCUT2D eigenvalue weighted by molar-refractivity contribution is 14.1. The van der Waals surface area contributed by atoms with Crippen molar-refractivity contribution in [1.82, 2.24) is 0 Å². The molecule has 1 aromatic rings. The molecule has 0 heterocycles. The predicted molar refractivity (Wildman–Crippen MR) is 76.3 cm³/mol. The van der Waals surface area contributed by atoms with E-state index in [1.807, 2.05) is 22.6 Å². The number of hydrogen-bond acceptors (Lipinski definition) is 3. The fourth-order valence-electron chi connectivity index (χ4n) is 1.01. The van der Waals surface area contributed by atoms with E-state index in [4.69, 9.17) is 11.0 Å². The van der Waals surface area contributed by atoms with Crippen molar-refractivity contribution < 1.29 is 9.90 Å². The van der Waals surface area contributed by atoms with Gasteiger partial charge in [-0.1, -0.05) is 0 Å². The number of nitrogens with zero attached hydrogens (tertiary/aromatic N) is 1. The zero-order valence-electron chi connectivity index (χ0n) is 7.87. The highest BCUT2D eigenvalue weighted by Gasteiger charge is 2.09. The molecule has 0 fully saturated rings. The van der Waals surface area contributed by atoms with Crippen molar-refractivity contribution in [2.24, 2.45) is 5.73 Å². The maximum atomic E-state index is 10.9. The number of nitrogens with two attached hydrogens (primary N) is 1. The van der Waals surface area contributed by atoms with E-state index in [-0.39, 0.29) is 11.3 Å². The number of carbonyl (C=O) groups is 1. The predicted octanol–water partition coefficient (Wildman–Crippen LogP) is 1.99. The summed E-state index contributed by atoms with van der Waals surface area (Å²) in [5, 5.41) is 18.4. The molecule has 1 aromatic carbocycles. The van der Waals surface area contributed by atoms with Gasteiger partial charge in [-0.3, -0.25) is 4.79 Å². The Balaban J connectivity index is 3.35. The fraction of sp³-hybridized carbons (Fsp3) is 0. The number of aromatic hydroxyl groups is 1. The maximum Gasteiger partial charge on any atom is 0.259 e. The summed E-state index contributed by atoms with van der Waals surface area (Å²) < 4.78 is 1.55. The molecule has 0 atom stereocenters. The lowest BCUT2D eigenvalue weighted by atomic mass is 10.1. The van der Waals surface area contributed by atoms with E-state index in [9.17, 15) is 9.90 Å². The van der Waals surface area contributed by atoms with E-state index in [1.54, 1.807) is 18.2 Å². The Labute approximate surface area is 119 Å². The molecule has 0 unspecified atom stereocenters. The minimum atomic E-state index is -0.809. The lowest BCUT2D eigenvalue weighted by molar-refractivity contribution is -0.114. The molecule has 82 valence electrons. The Kier molecular flexibility index (Phi) is 4.55. The van der Waals surface area contributed by atoms with Crippen molar-refractivity contribution in [2.75, 3.05) is 0 Å². The Hall–Kier alpha value is -0.820. The number of rotatable bonds is 2. The average Bonchev–Trinajstić information content (AvgIpc) is 2.20. The van der Waals surface area contributed by atoms with E-state index in [2.05, 4.69) is 22.6 Å². The monoisotopic (exact) mass is 440 g/mol. The van der Waals surface area contributed by atoms with Crippen molar-refractivity contribution >= 4 is 57.2 Å². The zero-order chi connectivity index (χ0) is 12.3. The van der Waals surface area contributed by atoms with Gasteiger partial charge >= 0.3 is 0 Å². The van der Waals surface area contributed by atoms with Gasteiger partial charge in [-0.15, -0.1) is 0 Å². The molecule has 0 aromatic heterocycles. The van der Waals surface area contributed by atoms with Gasteiger partial charge < -0.3 is 10.8 Å². The van der Waals surface area contributed by atoms with Gasteiger partial charge in [-0.25, -0.2) is 0 Å². The highest BCUT2D eigenvalue weighted by atomic mass is 127. The number of halogens is 2. The summed E-state index contributed by atoms with van der Waals surface area (Å²) in [7, 11) is 0. The van der Waals surface area contributed by atoms with Crippen LogP contribution in [0.25, 0.3) is 6.08 Å². The van der Waals surface area contributed by atoms with Crippen LogP contribution in [0.2, 0.25) is 0 Å². The Morgan fingerprint density at radius 2 is 2.12 bits per heavy atom. The molecule has 0 saturated carbocycles. The quantitative estimate of drug-likeness (QED) is 0.419. The van der Waals surface area contributed by atoms with E-state index in [0.29, 0.717) is 9.13 Å². The Morgan fingerprint density at radius 1 is 1.50 bits per heavy atom. The van der Waals surface area contributed by atoms with Gasteiger partial charge in [0, 0.05) is 9.13 Å². The number of phenolic OH excluding ortho intramolecular Hbond substituents is 1. The van der Waals surface area contributed by atoms with Crippen LogP contribution in [-0.4, -0.2) is 11.0 Å². The van der Waals surface area contributed by atoms with Crippen molar-refractivity contribution in [3.8, 4) is 11.8 Å². The zero-order valence-corrected chi connectivity index (χ0v) is 12.2. The van der Waals surface area contributed by atoms with E-state index >= 15 is 0 Å². The van der Waals surface area contributed by atoms with Gasteiger partial charge in [0.25, 0.3) is 5.91 Å². The van der Waals surface area contributed by atoms with E-state index < -0.39 is 5.91 Å². The largest absolute Gasteiger partial charge is 0.506 e. The van der Waals surface area contributed by atoms with Crippen molar-refractivity contribution in [1.29, 1.82) is 5.26 Å². The minimum absolute atomic E-state index is 0.0371. The molecule has 1 amide bonds. The second-order valence-corrected chi connectivity index (χ2v) is 5.27. The molecule has 0 aliphatic carbocycles. The summed E-state index contributed by atoms with van der Waals surface area (Å²) in [5.74, 6) is -0.772. The first-order valence-corrected chi connectivity index (χ1v) is 6.21. The van der Waals surface area contributed by atoms with Crippen LogP contribution in [0.15, 0.2) is 17.7 Å². The molecule has 6 heteroatoms. The Bertz CT molecular complexity index is 518. The molecular weight excluding hydrogens is 434 g/mol. The maximum absolute atomic E-state index is 10.9. The molecule has 3 N–H and O–H groups in total. The standard InChI is InChI=1S/C10H6I2N2O2/c11-7-2-5(9(15)8(12)3-7)1-6(4-13)10(14)16/h1-3,15H,(H2,14,16). The number of hydrogen-bond donors (Lipinski definition) is 2. The third-order valence-corrected chi connectivity index (χ3v) is 3.19. The normalized spacial score (nSPS) is 10.9. The van der Waals surface area contributed by atoms with Crippen molar-refractivity contribution in [3.63, 3.8) is 0 Å². The van der Waals surface area contributed by atoms with Gasteiger partial charge in [0.1, 0.15) is 17.4 Å². The van der Waals surface area contributed by atoms with Crippen LogP contribution < -0.4 is 5.73 Å². The van der Waals surface area contributed by atoms with Crippen LogP contribution in [-0.2, 0) is 4.79 Å². The van der Waals surface area contributed by atoms with Crippen molar-refractivity contribution in [3.05, 3.63) is 30.4 Å². The molecule has 0 aliphatic heterocycles. The summed E-state index contributed by atoms with van der Waals surface area (Å²) in [6.07, 6.45) is 1.28. The van der Waals surface area contributed by atoms with Crippen LogP contribution in [0, 0.1) is 18.5 Å². The first-order valence-electron chi connectivity index (χ1n) is 4.05. The second-order valence-electron chi connectivity index (χ2n) is 2.86. The minimum Gasteiger partial charge on any atom is -0.506 e. The number of benzene rings is 1. The molecular formula is C10H6I2N2O2. The molecule has 0 spiro atoms. The molecule has 0 radical (unpaired) electrons. The first kappa shape index (κ1) is 13.2. The first-order chi connectivity index (χ1) is 7.45. The average molecular weight is 440 g/mol. The summed E-state index contributed by atoms with van der Waals surface area (Å²) >= 11 is 4.05. The SMILES string of the molecule is N#CC(=Cc1cc(I)cc(I)c1O)C(N)=O. The van der Waals surface area contributed by atoms with Crippen LogP contribution in [0.3, 0.4) is 0 Å². The third kappa shape index (κ3) is 3.08. The molecule has 0 bridgehead atoms. The van der Waals surface area contributed by atoms with Gasteiger partial charge in [-0.05, 0) is 63.4 Å². The summed E-state index contributed by atoms with van der Waals surface area (Å²) in [6.45, 7) is 0. The molecule has 16 heavy (non-hydrogen) atoms. The third-order valence-electron chi connectivity index (χ3n) is 1.74. The van der Waals surface area contributed by atoms with E-state index in [1.165, 1.54) is 6.08 Å². The second kappa shape index (κ2) is 5.49. The van der Waals surface area contributed by atoms with Crippen LogP contribution >= 0.6 is 45.2 Å². The number of phenols is 1. The van der Waals surface area contributed by atoms with Crippen LogP contribution in [0.4, 0.5) is 0 Å². The number of primary amides is 1. The number of amides is 1. The van der Waals surface area contributed by atoms with Crippen LogP contribution in [0.5, 0.6) is 5.75 Å². The lowest BCUT2D eigenvalue weighted by Crippen LogP contribution is -2.12. The number of carbonyl (C=O) groups excluding carboxylic acids is 1. The van der Waals surface area contributed by atoms with Gasteiger partial charge in [-0.2, -0.15) is 5.26 Å². The topological polar surface area (TPSA) is 87.1 Å².